The van der Waals surface area contributed by atoms with E-state index in [1.54, 1.807) is 25.1 Å². The monoisotopic (exact) mass is 259 g/mol. The maximum absolute atomic E-state index is 8.57. The Balaban J connectivity index is 2.23. The lowest BCUT2D eigenvalue weighted by Gasteiger charge is -2.07. The number of benzene rings is 1. The van der Waals surface area contributed by atoms with Gasteiger partial charge in [-0.15, -0.1) is 0 Å². The third-order valence-electron chi connectivity index (χ3n) is 2.14. The van der Waals surface area contributed by atoms with Crippen molar-refractivity contribution in [2.24, 2.45) is 0 Å². The van der Waals surface area contributed by atoms with Crippen molar-refractivity contribution in [1.29, 1.82) is 5.26 Å². The molecule has 0 radical (unpaired) electrons. The first-order valence-corrected chi connectivity index (χ1v) is 5.58. The summed E-state index contributed by atoms with van der Waals surface area (Å²) in [7, 11) is 0. The fraction of sp³-hybridized carbons (Fsp3) is 0.0833. The Morgan fingerprint density at radius 3 is 2.50 bits per heavy atom. The van der Waals surface area contributed by atoms with Crippen LogP contribution in [-0.4, -0.2) is 9.97 Å². The number of rotatable bonds is 3. The average molecular weight is 260 g/mol. The zero-order valence-corrected chi connectivity index (χ0v) is 10.4. The molecule has 1 aromatic heterocycles. The van der Waals surface area contributed by atoms with Gasteiger partial charge in [0.15, 0.2) is 6.19 Å². The summed E-state index contributed by atoms with van der Waals surface area (Å²) in [6.07, 6.45) is 1.82. The molecule has 1 heterocycles. The maximum atomic E-state index is 8.57. The molecule has 0 fully saturated rings. The molecular weight excluding hydrogens is 250 g/mol. The van der Waals surface area contributed by atoms with Crippen LogP contribution in [0.15, 0.2) is 30.3 Å². The largest absolute Gasteiger partial charge is 0.340 e. The Bertz CT molecular complexity index is 588. The van der Waals surface area contributed by atoms with Crippen molar-refractivity contribution >= 4 is 28.9 Å². The Morgan fingerprint density at radius 2 is 1.83 bits per heavy atom. The molecule has 1 aromatic carbocycles. The summed E-state index contributed by atoms with van der Waals surface area (Å²) in [4.78, 5) is 8.30. The van der Waals surface area contributed by atoms with Crippen LogP contribution in [0.4, 0.5) is 17.3 Å². The molecule has 0 aliphatic heterocycles. The standard InChI is InChI=1S/C12H10ClN5/c1-8-16-11(15-7-14)6-12(17-8)18-10-4-2-9(13)3-5-10/h2-6H,1H3,(H2,15,16,17,18). The van der Waals surface area contributed by atoms with E-state index in [0.29, 0.717) is 22.5 Å². The Morgan fingerprint density at radius 1 is 1.17 bits per heavy atom. The number of anilines is 3. The third-order valence-corrected chi connectivity index (χ3v) is 2.39. The molecule has 2 aromatic rings. The van der Waals surface area contributed by atoms with Crippen LogP contribution in [0.2, 0.25) is 5.02 Å². The van der Waals surface area contributed by atoms with Crippen molar-refractivity contribution in [3.05, 3.63) is 41.2 Å². The van der Waals surface area contributed by atoms with Crippen LogP contribution in [-0.2, 0) is 0 Å². The molecule has 0 saturated heterocycles. The average Bonchev–Trinajstić information content (AvgIpc) is 2.32. The van der Waals surface area contributed by atoms with Gasteiger partial charge < -0.3 is 5.32 Å². The first-order valence-electron chi connectivity index (χ1n) is 5.21. The van der Waals surface area contributed by atoms with Crippen molar-refractivity contribution in [1.82, 2.24) is 9.97 Å². The summed E-state index contributed by atoms with van der Waals surface area (Å²) in [5, 5.41) is 14.8. The zero-order chi connectivity index (χ0) is 13.0. The second-order valence-electron chi connectivity index (χ2n) is 3.55. The van der Waals surface area contributed by atoms with Gasteiger partial charge in [-0.2, -0.15) is 5.26 Å². The first kappa shape index (κ1) is 12.1. The highest BCUT2D eigenvalue weighted by Gasteiger charge is 2.02. The van der Waals surface area contributed by atoms with Gasteiger partial charge in [-0.05, 0) is 31.2 Å². The fourth-order valence-electron chi connectivity index (χ4n) is 1.43. The van der Waals surface area contributed by atoms with Crippen LogP contribution in [0.1, 0.15) is 5.82 Å². The number of nitriles is 1. The van der Waals surface area contributed by atoms with Gasteiger partial charge in [0.25, 0.3) is 0 Å². The van der Waals surface area contributed by atoms with Crippen molar-refractivity contribution in [3.8, 4) is 6.19 Å². The summed E-state index contributed by atoms with van der Waals surface area (Å²) in [6, 6.07) is 8.91. The second-order valence-corrected chi connectivity index (χ2v) is 3.99. The molecule has 2 rings (SSSR count). The normalized spacial score (nSPS) is 9.61. The van der Waals surface area contributed by atoms with E-state index in [4.69, 9.17) is 16.9 Å². The molecule has 0 aliphatic carbocycles. The summed E-state index contributed by atoms with van der Waals surface area (Å²) in [6.45, 7) is 1.76. The van der Waals surface area contributed by atoms with Crippen LogP contribution < -0.4 is 10.6 Å². The minimum Gasteiger partial charge on any atom is -0.340 e. The predicted octanol–water partition coefficient (Wildman–Crippen LogP) is 3.08. The van der Waals surface area contributed by atoms with E-state index in [9.17, 15) is 0 Å². The minimum absolute atomic E-state index is 0.460. The maximum Gasteiger partial charge on any atom is 0.182 e. The molecule has 18 heavy (non-hydrogen) atoms. The highest BCUT2D eigenvalue weighted by atomic mass is 35.5. The number of halogens is 1. The quantitative estimate of drug-likeness (QED) is 0.655. The van der Waals surface area contributed by atoms with Gasteiger partial charge in [-0.1, -0.05) is 11.6 Å². The summed E-state index contributed by atoms with van der Waals surface area (Å²) in [5.74, 6) is 1.65. The van der Waals surface area contributed by atoms with Gasteiger partial charge in [0.1, 0.15) is 17.5 Å². The molecule has 0 spiro atoms. The van der Waals surface area contributed by atoms with Crippen molar-refractivity contribution in [2.75, 3.05) is 10.6 Å². The van der Waals surface area contributed by atoms with Gasteiger partial charge >= 0.3 is 0 Å². The van der Waals surface area contributed by atoms with E-state index in [1.807, 2.05) is 18.3 Å². The van der Waals surface area contributed by atoms with Crippen LogP contribution in [0.3, 0.4) is 0 Å². The molecule has 0 atom stereocenters. The highest BCUT2D eigenvalue weighted by Crippen LogP contribution is 2.19. The Labute approximate surface area is 109 Å². The number of aryl methyl sites for hydroxylation is 1. The highest BCUT2D eigenvalue weighted by molar-refractivity contribution is 6.30. The first-order chi connectivity index (χ1) is 8.67. The smallest absolute Gasteiger partial charge is 0.182 e. The molecule has 0 aliphatic rings. The van der Waals surface area contributed by atoms with E-state index in [-0.39, 0.29) is 0 Å². The molecule has 2 N–H and O–H groups in total. The molecule has 5 nitrogen and oxygen atoms in total. The molecule has 6 heteroatoms. The summed E-state index contributed by atoms with van der Waals surface area (Å²) >= 11 is 5.81. The lowest BCUT2D eigenvalue weighted by Crippen LogP contribution is -2.00. The van der Waals surface area contributed by atoms with Crippen LogP contribution in [0.25, 0.3) is 0 Å². The van der Waals surface area contributed by atoms with Gasteiger partial charge in [-0.25, -0.2) is 9.97 Å². The molecule has 90 valence electrons. The number of hydrogen-bond donors (Lipinski definition) is 2. The van der Waals surface area contributed by atoms with Gasteiger partial charge in [0.2, 0.25) is 0 Å². The van der Waals surface area contributed by atoms with E-state index in [0.717, 1.165) is 5.69 Å². The number of hydrogen-bond acceptors (Lipinski definition) is 5. The topological polar surface area (TPSA) is 73.6 Å². The molecule has 0 bridgehead atoms. The SMILES string of the molecule is Cc1nc(NC#N)cc(Nc2ccc(Cl)cc2)n1. The van der Waals surface area contributed by atoms with Crippen LogP contribution in [0, 0.1) is 18.4 Å². The van der Waals surface area contributed by atoms with E-state index < -0.39 is 0 Å². The number of aromatic nitrogens is 2. The van der Waals surface area contributed by atoms with Gasteiger partial charge in [-0.3, -0.25) is 5.32 Å². The molecule has 0 amide bonds. The number of nitrogens with zero attached hydrogens (tertiary/aromatic N) is 3. The molecular formula is C12H10ClN5. The summed E-state index contributed by atoms with van der Waals surface area (Å²) in [5.41, 5.74) is 0.861. The van der Waals surface area contributed by atoms with E-state index >= 15 is 0 Å². The summed E-state index contributed by atoms with van der Waals surface area (Å²) < 4.78 is 0. The van der Waals surface area contributed by atoms with E-state index in [1.165, 1.54) is 0 Å². The van der Waals surface area contributed by atoms with Crippen LogP contribution in [0.5, 0.6) is 0 Å². The zero-order valence-electron chi connectivity index (χ0n) is 9.61. The van der Waals surface area contributed by atoms with Crippen molar-refractivity contribution < 1.29 is 0 Å². The lowest BCUT2D eigenvalue weighted by molar-refractivity contribution is 1.06. The van der Waals surface area contributed by atoms with E-state index in [2.05, 4.69) is 20.6 Å². The van der Waals surface area contributed by atoms with Crippen molar-refractivity contribution in [2.45, 2.75) is 6.92 Å². The van der Waals surface area contributed by atoms with Crippen LogP contribution >= 0.6 is 11.6 Å². The minimum atomic E-state index is 0.460. The predicted molar refractivity (Wildman–Crippen MR) is 70.7 cm³/mol. The Kier molecular flexibility index (Phi) is 3.60. The van der Waals surface area contributed by atoms with Gasteiger partial charge in [0.05, 0.1) is 0 Å². The number of nitrogens with one attached hydrogen (secondary N) is 2. The molecule has 0 unspecified atom stereocenters. The Hall–Kier alpha value is -2.32. The van der Waals surface area contributed by atoms with Crippen molar-refractivity contribution in [3.63, 3.8) is 0 Å². The lowest BCUT2D eigenvalue weighted by atomic mass is 10.3. The van der Waals surface area contributed by atoms with Gasteiger partial charge in [0, 0.05) is 16.8 Å². The molecule has 0 saturated carbocycles. The fourth-order valence-corrected chi connectivity index (χ4v) is 1.56. The third kappa shape index (κ3) is 3.09. The second kappa shape index (κ2) is 5.34.